The van der Waals surface area contributed by atoms with Crippen LogP contribution in [0.4, 0.5) is 5.69 Å². The Hall–Kier alpha value is -1.85. The molecule has 0 N–H and O–H groups in total. The Morgan fingerprint density at radius 1 is 1.44 bits per heavy atom. The standard InChI is InChI=1S/C12H17N3O3/c1-9(12(17)18-2)15-8-10(7-13-15)14-5-3-11(16)4-6-14/h7-9H,3-6H2,1-2H3. The van der Waals surface area contributed by atoms with Crippen molar-refractivity contribution in [3.63, 3.8) is 0 Å². The summed E-state index contributed by atoms with van der Waals surface area (Å²) in [5, 5.41) is 4.17. The van der Waals surface area contributed by atoms with Crippen molar-refractivity contribution in [1.82, 2.24) is 9.78 Å². The van der Waals surface area contributed by atoms with Gasteiger partial charge in [-0.2, -0.15) is 5.10 Å². The number of rotatable bonds is 3. The average molecular weight is 251 g/mol. The van der Waals surface area contributed by atoms with Crippen molar-refractivity contribution in [2.75, 3.05) is 25.1 Å². The average Bonchev–Trinajstić information content (AvgIpc) is 2.87. The molecule has 0 saturated carbocycles. The van der Waals surface area contributed by atoms with Crippen LogP contribution in [0.3, 0.4) is 0 Å². The van der Waals surface area contributed by atoms with Crippen LogP contribution >= 0.6 is 0 Å². The van der Waals surface area contributed by atoms with E-state index in [1.54, 1.807) is 17.8 Å². The first kappa shape index (κ1) is 12.6. The summed E-state index contributed by atoms with van der Waals surface area (Å²) >= 11 is 0. The Labute approximate surface area is 106 Å². The summed E-state index contributed by atoms with van der Waals surface area (Å²) in [4.78, 5) is 24.7. The summed E-state index contributed by atoms with van der Waals surface area (Å²) in [5.41, 5.74) is 0.943. The van der Waals surface area contributed by atoms with Gasteiger partial charge in [-0.3, -0.25) is 9.48 Å². The fraction of sp³-hybridized carbons (Fsp3) is 0.583. The van der Waals surface area contributed by atoms with Crippen LogP contribution in [0.25, 0.3) is 0 Å². The number of carbonyl (C=O) groups is 2. The molecule has 1 aromatic heterocycles. The van der Waals surface area contributed by atoms with Crippen molar-refractivity contribution in [2.45, 2.75) is 25.8 Å². The summed E-state index contributed by atoms with van der Waals surface area (Å²) in [6.45, 7) is 3.18. The highest BCUT2D eigenvalue weighted by Gasteiger charge is 2.20. The number of esters is 1. The van der Waals surface area contributed by atoms with Crippen molar-refractivity contribution in [3.8, 4) is 0 Å². The topological polar surface area (TPSA) is 64.4 Å². The van der Waals surface area contributed by atoms with Gasteiger partial charge in [0.1, 0.15) is 11.8 Å². The van der Waals surface area contributed by atoms with Crippen LogP contribution in [0, 0.1) is 0 Å². The Kier molecular flexibility index (Phi) is 3.64. The number of methoxy groups -OCH3 is 1. The minimum atomic E-state index is -0.435. The zero-order valence-electron chi connectivity index (χ0n) is 10.6. The summed E-state index contributed by atoms with van der Waals surface area (Å²) in [6.07, 6.45) is 4.70. The van der Waals surface area contributed by atoms with Gasteiger partial charge in [0.25, 0.3) is 0 Å². The molecule has 0 spiro atoms. The van der Waals surface area contributed by atoms with Gasteiger partial charge in [0.2, 0.25) is 0 Å². The third-order valence-electron chi connectivity index (χ3n) is 3.21. The lowest BCUT2D eigenvalue weighted by Crippen LogP contribution is -2.33. The van der Waals surface area contributed by atoms with Crippen molar-refractivity contribution in [2.24, 2.45) is 0 Å². The molecular formula is C12H17N3O3. The van der Waals surface area contributed by atoms with Crippen LogP contribution < -0.4 is 4.90 Å². The van der Waals surface area contributed by atoms with Crippen LogP contribution in [0.5, 0.6) is 0 Å². The van der Waals surface area contributed by atoms with Gasteiger partial charge in [-0.15, -0.1) is 0 Å². The maximum absolute atomic E-state index is 11.4. The molecule has 0 bridgehead atoms. The zero-order chi connectivity index (χ0) is 13.1. The van der Waals surface area contributed by atoms with Crippen LogP contribution in [0.1, 0.15) is 25.8 Å². The molecule has 1 fully saturated rings. The molecular weight excluding hydrogens is 234 g/mol. The van der Waals surface area contributed by atoms with E-state index in [1.165, 1.54) is 7.11 Å². The molecule has 0 amide bonds. The highest BCUT2D eigenvalue weighted by atomic mass is 16.5. The van der Waals surface area contributed by atoms with E-state index in [4.69, 9.17) is 0 Å². The van der Waals surface area contributed by atoms with Crippen LogP contribution in [0.2, 0.25) is 0 Å². The Bertz CT molecular complexity index is 445. The Balaban J connectivity index is 2.06. The van der Waals surface area contributed by atoms with Crippen LogP contribution in [-0.4, -0.2) is 41.7 Å². The minimum absolute atomic E-state index is 0.307. The van der Waals surface area contributed by atoms with Gasteiger partial charge in [-0.25, -0.2) is 4.79 Å². The number of hydrogen-bond acceptors (Lipinski definition) is 5. The van der Waals surface area contributed by atoms with E-state index >= 15 is 0 Å². The molecule has 1 atom stereocenters. The van der Waals surface area contributed by atoms with Crippen molar-refractivity contribution in [1.29, 1.82) is 0 Å². The zero-order valence-corrected chi connectivity index (χ0v) is 10.6. The monoisotopic (exact) mass is 251 g/mol. The van der Waals surface area contributed by atoms with Gasteiger partial charge in [0, 0.05) is 32.1 Å². The van der Waals surface area contributed by atoms with Gasteiger partial charge >= 0.3 is 5.97 Å². The van der Waals surface area contributed by atoms with Gasteiger partial charge < -0.3 is 9.64 Å². The van der Waals surface area contributed by atoms with Crippen molar-refractivity contribution < 1.29 is 14.3 Å². The van der Waals surface area contributed by atoms with Crippen LogP contribution in [-0.2, 0) is 14.3 Å². The summed E-state index contributed by atoms with van der Waals surface area (Å²) in [6, 6.07) is -0.435. The fourth-order valence-electron chi connectivity index (χ4n) is 2.00. The second-order valence-electron chi connectivity index (χ2n) is 4.40. The predicted molar refractivity (Wildman–Crippen MR) is 65.4 cm³/mol. The van der Waals surface area contributed by atoms with E-state index in [0.717, 1.165) is 18.8 Å². The van der Waals surface area contributed by atoms with Gasteiger partial charge in [-0.05, 0) is 6.92 Å². The molecule has 98 valence electrons. The van der Waals surface area contributed by atoms with Gasteiger partial charge in [0.15, 0.2) is 0 Å². The quantitative estimate of drug-likeness (QED) is 0.743. The molecule has 6 nitrogen and oxygen atoms in total. The van der Waals surface area contributed by atoms with Gasteiger partial charge in [0.05, 0.1) is 19.0 Å². The van der Waals surface area contributed by atoms with E-state index in [1.807, 2.05) is 6.20 Å². The predicted octanol–water partition coefficient (Wildman–Crippen LogP) is 0.786. The molecule has 1 saturated heterocycles. The maximum atomic E-state index is 11.4. The first-order chi connectivity index (χ1) is 8.61. The Morgan fingerprint density at radius 3 is 2.72 bits per heavy atom. The number of anilines is 1. The number of Topliss-reactive ketones (excluding diaryl/α,β-unsaturated/α-hetero) is 1. The maximum Gasteiger partial charge on any atom is 0.330 e. The lowest BCUT2D eigenvalue weighted by Gasteiger charge is -2.26. The first-order valence-corrected chi connectivity index (χ1v) is 6.00. The van der Waals surface area contributed by atoms with Crippen LogP contribution in [0.15, 0.2) is 12.4 Å². The molecule has 0 aromatic carbocycles. The molecule has 2 heterocycles. The highest BCUT2D eigenvalue weighted by molar-refractivity contribution is 5.81. The van der Waals surface area contributed by atoms with E-state index in [-0.39, 0.29) is 5.97 Å². The SMILES string of the molecule is COC(=O)C(C)n1cc(N2CCC(=O)CC2)cn1. The van der Waals surface area contributed by atoms with Gasteiger partial charge in [-0.1, -0.05) is 0 Å². The second-order valence-corrected chi connectivity index (χ2v) is 4.40. The normalized spacial score (nSPS) is 17.7. The van der Waals surface area contributed by atoms with E-state index in [0.29, 0.717) is 18.6 Å². The number of hydrogen-bond donors (Lipinski definition) is 0. The van der Waals surface area contributed by atoms with E-state index in [2.05, 4.69) is 14.7 Å². The van der Waals surface area contributed by atoms with Crippen molar-refractivity contribution in [3.05, 3.63) is 12.4 Å². The second kappa shape index (κ2) is 5.20. The number of carbonyl (C=O) groups excluding carboxylic acids is 2. The largest absolute Gasteiger partial charge is 0.467 e. The number of aromatic nitrogens is 2. The molecule has 1 aromatic rings. The number of ether oxygens (including phenoxy) is 1. The minimum Gasteiger partial charge on any atom is -0.467 e. The lowest BCUT2D eigenvalue weighted by atomic mass is 10.1. The molecule has 0 radical (unpaired) electrons. The Morgan fingerprint density at radius 2 is 2.11 bits per heavy atom. The number of piperidine rings is 1. The molecule has 1 aliphatic heterocycles. The van der Waals surface area contributed by atoms with Crippen molar-refractivity contribution >= 4 is 17.4 Å². The summed E-state index contributed by atoms with van der Waals surface area (Å²) in [5.74, 6) is -0.0138. The fourth-order valence-corrected chi connectivity index (χ4v) is 2.00. The molecule has 1 unspecified atom stereocenters. The smallest absolute Gasteiger partial charge is 0.330 e. The molecule has 0 aliphatic carbocycles. The molecule has 18 heavy (non-hydrogen) atoms. The highest BCUT2D eigenvalue weighted by Crippen LogP contribution is 2.19. The third kappa shape index (κ3) is 2.52. The number of ketones is 1. The molecule has 6 heteroatoms. The van der Waals surface area contributed by atoms with E-state index in [9.17, 15) is 9.59 Å². The third-order valence-corrected chi connectivity index (χ3v) is 3.21. The summed E-state index contributed by atoms with van der Waals surface area (Å²) in [7, 11) is 1.36. The molecule has 1 aliphatic rings. The first-order valence-electron chi connectivity index (χ1n) is 6.00. The summed E-state index contributed by atoms with van der Waals surface area (Å²) < 4.78 is 6.26. The number of nitrogens with zero attached hydrogens (tertiary/aromatic N) is 3. The van der Waals surface area contributed by atoms with E-state index < -0.39 is 6.04 Å². The lowest BCUT2D eigenvalue weighted by molar-refractivity contribution is -0.144. The molecule has 2 rings (SSSR count).